The molecular weight excluding hydrogens is 257 g/mol. The van der Waals surface area contributed by atoms with Crippen molar-refractivity contribution < 1.29 is 9.13 Å². The Kier molecular flexibility index (Phi) is 4.04. The molecule has 0 bridgehead atoms. The monoisotopic (exact) mass is 271 g/mol. The van der Waals surface area contributed by atoms with Gasteiger partial charge in [0.05, 0.1) is 19.2 Å². The summed E-state index contributed by atoms with van der Waals surface area (Å²) in [5.74, 6) is 0.0659. The van der Waals surface area contributed by atoms with Crippen LogP contribution in [0.5, 0.6) is 0 Å². The molecule has 4 nitrogen and oxygen atoms in total. The molecular formula is C12H15ClFN3O. The van der Waals surface area contributed by atoms with Gasteiger partial charge in [0, 0.05) is 24.2 Å². The molecule has 0 aromatic heterocycles. The summed E-state index contributed by atoms with van der Waals surface area (Å²) < 4.78 is 18.9. The first-order valence-corrected chi connectivity index (χ1v) is 6.02. The molecule has 0 radical (unpaired) electrons. The number of halogens is 2. The van der Waals surface area contributed by atoms with Crippen LogP contribution in [0.15, 0.2) is 23.2 Å². The predicted molar refractivity (Wildman–Crippen MR) is 69.2 cm³/mol. The average Bonchev–Trinajstić information content (AvgIpc) is 2.68. The normalized spacial score (nSPS) is 19.2. The van der Waals surface area contributed by atoms with Crippen molar-refractivity contribution in [2.24, 2.45) is 10.7 Å². The van der Waals surface area contributed by atoms with Gasteiger partial charge in [-0.2, -0.15) is 0 Å². The number of hydrogen-bond donors (Lipinski definition) is 1. The second-order valence-electron chi connectivity index (χ2n) is 4.04. The van der Waals surface area contributed by atoms with Crippen molar-refractivity contribution in [1.82, 2.24) is 4.90 Å². The SMILES string of the molecule is COCCN1C(N)=NCC1c1c(F)cccc1Cl. The number of ether oxygens (including phenoxy) is 1. The first-order chi connectivity index (χ1) is 8.65. The van der Waals surface area contributed by atoms with E-state index in [1.165, 1.54) is 6.07 Å². The van der Waals surface area contributed by atoms with Gasteiger partial charge in [-0.1, -0.05) is 17.7 Å². The highest BCUT2D eigenvalue weighted by molar-refractivity contribution is 6.31. The van der Waals surface area contributed by atoms with Gasteiger partial charge in [0.2, 0.25) is 0 Å². The quantitative estimate of drug-likeness (QED) is 0.908. The van der Waals surface area contributed by atoms with Crippen LogP contribution in [0, 0.1) is 5.82 Å². The molecule has 1 unspecified atom stereocenters. The zero-order valence-corrected chi connectivity index (χ0v) is 10.8. The fourth-order valence-corrected chi connectivity index (χ4v) is 2.35. The molecule has 0 aliphatic carbocycles. The number of rotatable bonds is 4. The summed E-state index contributed by atoms with van der Waals surface area (Å²) in [5.41, 5.74) is 6.25. The molecule has 1 aliphatic heterocycles. The van der Waals surface area contributed by atoms with Crippen LogP contribution in [0.1, 0.15) is 11.6 Å². The Bertz CT molecular complexity index is 446. The van der Waals surface area contributed by atoms with Crippen molar-refractivity contribution in [3.8, 4) is 0 Å². The van der Waals surface area contributed by atoms with E-state index < -0.39 is 0 Å². The van der Waals surface area contributed by atoms with Gasteiger partial charge in [0.25, 0.3) is 0 Å². The third-order valence-electron chi connectivity index (χ3n) is 2.97. The van der Waals surface area contributed by atoms with Crippen molar-refractivity contribution in [2.75, 3.05) is 26.8 Å². The summed E-state index contributed by atoms with van der Waals surface area (Å²) in [5, 5.41) is 0.396. The maximum Gasteiger partial charge on any atom is 0.192 e. The van der Waals surface area contributed by atoms with E-state index in [0.717, 1.165) is 0 Å². The summed E-state index contributed by atoms with van der Waals surface area (Å²) in [4.78, 5) is 5.96. The zero-order valence-electron chi connectivity index (χ0n) is 10.1. The maximum absolute atomic E-state index is 13.9. The molecule has 1 atom stereocenters. The summed E-state index contributed by atoms with van der Waals surface area (Å²) in [6.45, 7) is 1.47. The third kappa shape index (κ3) is 2.42. The number of nitrogens with two attached hydrogens (primary N) is 1. The van der Waals surface area contributed by atoms with Crippen LogP contribution in [0.3, 0.4) is 0 Å². The number of benzene rings is 1. The zero-order chi connectivity index (χ0) is 13.1. The number of aliphatic imine (C=N–C) groups is 1. The van der Waals surface area contributed by atoms with Gasteiger partial charge >= 0.3 is 0 Å². The summed E-state index contributed by atoms with van der Waals surface area (Å²) >= 11 is 6.07. The van der Waals surface area contributed by atoms with Crippen LogP contribution in [-0.4, -0.2) is 37.7 Å². The van der Waals surface area contributed by atoms with Gasteiger partial charge in [0.1, 0.15) is 5.82 Å². The highest BCUT2D eigenvalue weighted by atomic mass is 35.5. The summed E-state index contributed by atoms with van der Waals surface area (Å²) in [6, 6.07) is 4.39. The van der Waals surface area contributed by atoms with E-state index in [2.05, 4.69) is 4.99 Å². The van der Waals surface area contributed by atoms with Gasteiger partial charge in [0.15, 0.2) is 5.96 Å². The highest BCUT2D eigenvalue weighted by Crippen LogP contribution is 2.32. The predicted octanol–water partition coefficient (Wildman–Crippen LogP) is 1.80. The van der Waals surface area contributed by atoms with E-state index in [1.54, 1.807) is 19.2 Å². The second-order valence-corrected chi connectivity index (χ2v) is 4.44. The number of guanidine groups is 1. The minimum absolute atomic E-state index is 0.256. The number of methoxy groups -OCH3 is 1. The van der Waals surface area contributed by atoms with E-state index in [1.807, 2.05) is 4.90 Å². The molecule has 0 amide bonds. The van der Waals surface area contributed by atoms with Crippen LogP contribution < -0.4 is 5.73 Å². The lowest BCUT2D eigenvalue weighted by Crippen LogP contribution is -2.38. The first kappa shape index (κ1) is 13.1. The van der Waals surface area contributed by atoms with Crippen molar-refractivity contribution >= 4 is 17.6 Å². The van der Waals surface area contributed by atoms with E-state index in [0.29, 0.717) is 36.2 Å². The van der Waals surface area contributed by atoms with Crippen LogP contribution in [0.2, 0.25) is 5.02 Å². The Morgan fingerprint density at radius 3 is 3.06 bits per heavy atom. The number of nitrogens with zero attached hydrogens (tertiary/aromatic N) is 2. The van der Waals surface area contributed by atoms with Gasteiger partial charge in [-0.05, 0) is 12.1 Å². The molecule has 1 heterocycles. The largest absolute Gasteiger partial charge is 0.383 e. The molecule has 6 heteroatoms. The van der Waals surface area contributed by atoms with Gasteiger partial charge in [-0.25, -0.2) is 4.39 Å². The van der Waals surface area contributed by atoms with Crippen molar-refractivity contribution in [2.45, 2.75) is 6.04 Å². The molecule has 0 saturated carbocycles. The third-order valence-corrected chi connectivity index (χ3v) is 3.30. The van der Waals surface area contributed by atoms with E-state index in [-0.39, 0.29) is 11.9 Å². The lowest BCUT2D eigenvalue weighted by molar-refractivity contribution is 0.166. The van der Waals surface area contributed by atoms with Gasteiger partial charge in [-0.15, -0.1) is 0 Å². The lowest BCUT2D eigenvalue weighted by atomic mass is 10.1. The molecule has 0 fully saturated rings. The second kappa shape index (κ2) is 5.54. The molecule has 0 saturated heterocycles. The van der Waals surface area contributed by atoms with Crippen LogP contribution >= 0.6 is 11.6 Å². The minimum Gasteiger partial charge on any atom is -0.383 e. The van der Waals surface area contributed by atoms with E-state index in [9.17, 15) is 4.39 Å². The summed E-state index contributed by atoms with van der Waals surface area (Å²) in [7, 11) is 1.61. The average molecular weight is 272 g/mol. The smallest absolute Gasteiger partial charge is 0.192 e. The topological polar surface area (TPSA) is 50.9 Å². The fourth-order valence-electron chi connectivity index (χ4n) is 2.07. The molecule has 2 N–H and O–H groups in total. The van der Waals surface area contributed by atoms with Gasteiger partial charge in [-0.3, -0.25) is 4.99 Å². The molecule has 0 spiro atoms. The van der Waals surface area contributed by atoms with Crippen molar-refractivity contribution in [3.63, 3.8) is 0 Å². The van der Waals surface area contributed by atoms with Gasteiger partial charge < -0.3 is 15.4 Å². The number of hydrogen-bond acceptors (Lipinski definition) is 4. The molecule has 18 heavy (non-hydrogen) atoms. The highest BCUT2D eigenvalue weighted by Gasteiger charge is 2.30. The lowest BCUT2D eigenvalue weighted by Gasteiger charge is -2.27. The molecule has 1 aliphatic rings. The van der Waals surface area contributed by atoms with Crippen molar-refractivity contribution in [3.05, 3.63) is 34.6 Å². The minimum atomic E-state index is -0.334. The standard InChI is InChI=1S/C12H15ClFN3O/c1-18-6-5-17-10(7-16-12(17)15)11-8(13)3-2-4-9(11)14/h2-4,10H,5-7H2,1H3,(H2,15,16). The molecule has 1 aromatic carbocycles. The molecule has 98 valence electrons. The Balaban J connectivity index is 2.27. The Hall–Kier alpha value is -1.33. The van der Waals surface area contributed by atoms with Crippen LogP contribution in [0.4, 0.5) is 4.39 Å². The Morgan fingerprint density at radius 2 is 2.39 bits per heavy atom. The van der Waals surface area contributed by atoms with Crippen molar-refractivity contribution in [1.29, 1.82) is 0 Å². The van der Waals surface area contributed by atoms with E-state index in [4.69, 9.17) is 22.1 Å². The van der Waals surface area contributed by atoms with Crippen LogP contribution in [0.25, 0.3) is 0 Å². The Morgan fingerprint density at radius 1 is 1.61 bits per heavy atom. The fraction of sp³-hybridized carbons (Fsp3) is 0.417. The summed E-state index contributed by atoms with van der Waals surface area (Å²) in [6.07, 6.45) is 0. The molecule has 2 rings (SSSR count). The first-order valence-electron chi connectivity index (χ1n) is 5.64. The van der Waals surface area contributed by atoms with Crippen LogP contribution in [-0.2, 0) is 4.74 Å². The molecule has 1 aromatic rings. The Labute approximate surface area is 110 Å². The maximum atomic E-state index is 13.9. The van der Waals surface area contributed by atoms with E-state index >= 15 is 0 Å².